The van der Waals surface area contributed by atoms with Crippen LogP contribution in [-0.2, 0) is 5.41 Å². The first kappa shape index (κ1) is 20.7. The van der Waals surface area contributed by atoms with Gasteiger partial charge in [0.25, 0.3) is 0 Å². The fourth-order valence-corrected chi connectivity index (χ4v) is 3.00. The van der Waals surface area contributed by atoms with E-state index >= 15 is 0 Å². The van der Waals surface area contributed by atoms with Crippen molar-refractivity contribution < 1.29 is 9.53 Å². The number of hydrogen-bond acceptors (Lipinski definition) is 3. The van der Waals surface area contributed by atoms with E-state index in [-0.39, 0.29) is 11.4 Å². The zero-order valence-electron chi connectivity index (χ0n) is 15.1. The van der Waals surface area contributed by atoms with Crippen molar-refractivity contribution in [3.63, 3.8) is 0 Å². The van der Waals surface area contributed by atoms with Crippen molar-refractivity contribution >= 4 is 43.7 Å². The summed E-state index contributed by atoms with van der Waals surface area (Å²) in [6, 6.07) is 9.40. The highest BCUT2D eigenvalue weighted by atomic mass is 79.9. The molecule has 0 aliphatic rings. The number of ether oxygens (including phenoxy) is 1. The standard InChI is InChI=1S/C19H23Br2N3O2/c1-19(2,3)13-5-6-16(15(21)11-13)26-10-4-8-23-18(25)24-17-12-14(20)7-9-22-17/h5-7,9,11-12H,4,8,10H2,1-3H3,(H2,22,23,24,25). The molecule has 2 aromatic rings. The Kier molecular flexibility index (Phi) is 7.46. The highest BCUT2D eigenvalue weighted by Gasteiger charge is 2.15. The van der Waals surface area contributed by atoms with Crippen molar-refractivity contribution in [2.45, 2.75) is 32.6 Å². The molecule has 5 nitrogen and oxygen atoms in total. The number of amides is 2. The van der Waals surface area contributed by atoms with Gasteiger partial charge in [0, 0.05) is 17.2 Å². The van der Waals surface area contributed by atoms with Gasteiger partial charge in [-0.2, -0.15) is 0 Å². The second-order valence-electron chi connectivity index (χ2n) is 6.84. The summed E-state index contributed by atoms with van der Waals surface area (Å²) in [4.78, 5) is 15.9. The van der Waals surface area contributed by atoms with E-state index in [9.17, 15) is 4.79 Å². The first-order valence-electron chi connectivity index (χ1n) is 8.35. The number of halogens is 2. The molecule has 0 saturated heterocycles. The van der Waals surface area contributed by atoms with Gasteiger partial charge in [-0.25, -0.2) is 9.78 Å². The molecule has 1 aromatic carbocycles. The van der Waals surface area contributed by atoms with Gasteiger partial charge in [-0.1, -0.05) is 42.8 Å². The highest BCUT2D eigenvalue weighted by Crippen LogP contribution is 2.31. The molecule has 0 saturated carbocycles. The Balaban J connectivity index is 1.71. The lowest BCUT2D eigenvalue weighted by molar-refractivity contribution is 0.250. The number of rotatable bonds is 6. The van der Waals surface area contributed by atoms with E-state index in [4.69, 9.17) is 4.74 Å². The molecule has 1 aromatic heterocycles. The van der Waals surface area contributed by atoms with Crippen molar-refractivity contribution in [3.8, 4) is 5.75 Å². The third-order valence-corrected chi connectivity index (χ3v) is 4.74. The molecule has 0 aliphatic carbocycles. The maximum atomic E-state index is 11.8. The van der Waals surface area contributed by atoms with E-state index in [1.165, 1.54) is 5.56 Å². The average Bonchev–Trinajstić information content (AvgIpc) is 2.55. The number of nitrogens with zero attached hydrogens (tertiary/aromatic N) is 1. The molecule has 0 aliphatic heterocycles. The molecule has 2 rings (SSSR count). The quantitative estimate of drug-likeness (QED) is 0.532. The SMILES string of the molecule is CC(C)(C)c1ccc(OCCCNC(=O)Nc2cc(Br)ccn2)c(Br)c1. The third kappa shape index (κ3) is 6.61. The maximum absolute atomic E-state index is 11.8. The van der Waals surface area contributed by atoms with Crippen molar-refractivity contribution in [2.75, 3.05) is 18.5 Å². The van der Waals surface area contributed by atoms with Gasteiger partial charge in [0.15, 0.2) is 0 Å². The lowest BCUT2D eigenvalue weighted by Gasteiger charge is -2.20. The summed E-state index contributed by atoms with van der Waals surface area (Å²) in [7, 11) is 0. The zero-order valence-corrected chi connectivity index (χ0v) is 18.3. The highest BCUT2D eigenvalue weighted by molar-refractivity contribution is 9.10. The van der Waals surface area contributed by atoms with Gasteiger partial charge in [0.2, 0.25) is 0 Å². The van der Waals surface area contributed by atoms with Crippen molar-refractivity contribution in [3.05, 3.63) is 51.0 Å². The van der Waals surface area contributed by atoms with Crippen molar-refractivity contribution in [1.29, 1.82) is 0 Å². The summed E-state index contributed by atoms with van der Waals surface area (Å²) in [6.45, 7) is 7.56. The van der Waals surface area contributed by atoms with Crippen LogP contribution in [0.3, 0.4) is 0 Å². The van der Waals surface area contributed by atoms with E-state index in [1.807, 2.05) is 6.07 Å². The van der Waals surface area contributed by atoms with Gasteiger partial charge >= 0.3 is 6.03 Å². The molecule has 0 atom stereocenters. The molecular formula is C19H23Br2N3O2. The number of urea groups is 1. The van der Waals surface area contributed by atoms with Crippen LogP contribution in [0, 0.1) is 0 Å². The summed E-state index contributed by atoms with van der Waals surface area (Å²) in [5.74, 6) is 1.30. The van der Waals surface area contributed by atoms with Gasteiger partial charge in [-0.3, -0.25) is 5.32 Å². The first-order chi connectivity index (χ1) is 12.3. The van der Waals surface area contributed by atoms with E-state index in [2.05, 4.69) is 80.4 Å². The molecule has 0 bridgehead atoms. The lowest BCUT2D eigenvalue weighted by atomic mass is 9.87. The average molecular weight is 485 g/mol. The summed E-state index contributed by atoms with van der Waals surface area (Å²) >= 11 is 6.90. The number of carbonyl (C=O) groups excluding carboxylic acids is 1. The van der Waals surface area contributed by atoms with Crippen LogP contribution in [0.4, 0.5) is 10.6 Å². The van der Waals surface area contributed by atoms with Crippen LogP contribution < -0.4 is 15.4 Å². The molecule has 140 valence electrons. The number of hydrogen-bond donors (Lipinski definition) is 2. The molecular weight excluding hydrogens is 462 g/mol. The Morgan fingerprint density at radius 3 is 2.62 bits per heavy atom. The number of nitrogens with one attached hydrogen (secondary N) is 2. The number of aromatic nitrogens is 1. The topological polar surface area (TPSA) is 63.2 Å². The predicted octanol–water partition coefficient (Wildman–Crippen LogP) is 5.49. The Labute approximate surface area is 171 Å². The number of anilines is 1. The van der Waals surface area contributed by atoms with Crippen LogP contribution in [0.1, 0.15) is 32.8 Å². The Bertz CT molecular complexity index is 761. The number of pyridine rings is 1. The van der Waals surface area contributed by atoms with E-state index in [0.29, 0.717) is 25.4 Å². The normalized spacial score (nSPS) is 11.1. The predicted molar refractivity (Wildman–Crippen MR) is 112 cm³/mol. The largest absolute Gasteiger partial charge is 0.492 e. The molecule has 0 unspecified atom stereocenters. The first-order valence-corrected chi connectivity index (χ1v) is 9.93. The van der Waals surface area contributed by atoms with Crippen LogP contribution in [0.25, 0.3) is 0 Å². The minimum Gasteiger partial charge on any atom is -0.492 e. The summed E-state index contributed by atoms with van der Waals surface area (Å²) in [5, 5.41) is 5.46. The molecule has 0 spiro atoms. The Morgan fingerprint density at radius 1 is 1.19 bits per heavy atom. The fourth-order valence-electron chi connectivity index (χ4n) is 2.17. The molecule has 0 radical (unpaired) electrons. The monoisotopic (exact) mass is 483 g/mol. The van der Waals surface area contributed by atoms with Crippen LogP contribution in [-0.4, -0.2) is 24.2 Å². The smallest absolute Gasteiger partial charge is 0.320 e. The van der Waals surface area contributed by atoms with Gasteiger partial charge in [-0.05, 0) is 57.6 Å². The second-order valence-corrected chi connectivity index (χ2v) is 8.61. The Hall–Kier alpha value is -1.60. The third-order valence-electron chi connectivity index (χ3n) is 3.63. The summed E-state index contributed by atoms with van der Waals surface area (Å²) in [6.07, 6.45) is 2.32. The summed E-state index contributed by atoms with van der Waals surface area (Å²) in [5.41, 5.74) is 1.35. The minimum atomic E-state index is -0.286. The Morgan fingerprint density at radius 2 is 1.96 bits per heavy atom. The van der Waals surface area contributed by atoms with E-state index < -0.39 is 0 Å². The van der Waals surface area contributed by atoms with E-state index in [0.717, 1.165) is 14.7 Å². The van der Waals surface area contributed by atoms with Gasteiger partial charge in [0.05, 0.1) is 11.1 Å². The van der Waals surface area contributed by atoms with Gasteiger partial charge in [-0.15, -0.1) is 0 Å². The molecule has 1 heterocycles. The fraction of sp³-hybridized carbons (Fsp3) is 0.368. The molecule has 26 heavy (non-hydrogen) atoms. The van der Waals surface area contributed by atoms with E-state index in [1.54, 1.807) is 18.3 Å². The maximum Gasteiger partial charge on any atom is 0.320 e. The molecule has 2 amide bonds. The van der Waals surface area contributed by atoms with Crippen molar-refractivity contribution in [2.24, 2.45) is 0 Å². The van der Waals surface area contributed by atoms with Crippen molar-refractivity contribution in [1.82, 2.24) is 10.3 Å². The van der Waals surface area contributed by atoms with Crippen LogP contribution in [0.5, 0.6) is 5.75 Å². The number of benzene rings is 1. The zero-order chi connectivity index (χ0) is 19.2. The van der Waals surface area contributed by atoms with Gasteiger partial charge < -0.3 is 10.1 Å². The van der Waals surface area contributed by atoms with Crippen LogP contribution in [0.15, 0.2) is 45.5 Å². The number of carbonyl (C=O) groups is 1. The lowest BCUT2D eigenvalue weighted by Crippen LogP contribution is -2.30. The molecule has 7 heteroatoms. The van der Waals surface area contributed by atoms with Gasteiger partial charge in [0.1, 0.15) is 11.6 Å². The minimum absolute atomic E-state index is 0.0987. The second kappa shape index (κ2) is 9.37. The van der Waals surface area contributed by atoms with Crippen LogP contribution in [0.2, 0.25) is 0 Å². The molecule has 2 N–H and O–H groups in total. The van der Waals surface area contributed by atoms with Crippen LogP contribution >= 0.6 is 31.9 Å². The summed E-state index contributed by atoms with van der Waals surface area (Å²) < 4.78 is 7.58. The molecule has 0 fully saturated rings.